The lowest BCUT2D eigenvalue weighted by molar-refractivity contribution is 0.0231. The van der Waals surface area contributed by atoms with Crippen molar-refractivity contribution < 1.29 is 9.84 Å². The van der Waals surface area contributed by atoms with Crippen LogP contribution in [0.25, 0.3) is 0 Å². The summed E-state index contributed by atoms with van der Waals surface area (Å²) >= 11 is 3.43. The lowest BCUT2D eigenvalue weighted by atomic mass is 9.92. The minimum absolute atomic E-state index is 0.406. The van der Waals surface area contributed by atoms with Crippen LogP contribution in [0.2, 0.25) is 0 Å². The Morgan fingerprint density at radius 3 is 2.79 bits per heavy atom. The van der Waals surface area contributed by atoms with Crippen LogP contribution in [0, 0.1) is 6.92 Å². The van der Waals surface area contributed by atoms with E-state index in [0.717, 1.165) is 15.6 Å². The van der Waals surface area contributed by atoms with Gasteiger partial charge in [0.2, 0.25) is 0 Å². The van der Waals surface area contributed by atoms with Crippen molar-refractivity contribution in [3.63, 3.8) is 0 Å². The number of aryl methyl sites for hydroxylation is 1. The second-order valence-electron chi connectivity index (χ2n) is 3.85. The van der Waals surface area contributed by atoms with Crippen molar-refractivity contribution in [3.05, 3.63) is 33.8 Å². The van der Waals surface area contributed by atoms with E-state index in [2.05, 4.69) is 15.9 Å². The molecule has 1 fully saturated rings. The fraction of sp³-hybridized carbons (Fsp3) is 0.455. The first kappa shape index (κ1) is 10.1. The summed E-state index contributed by atoms with van der Waals surface area (Å²) in [6.07, 6.45) is 0.683. The molecule has 0 amide bonds. The van der Waals surface area contributed by atoms with Crippen LogP contribution < -0.4 is 0 Å². The third-order valence-corrected chi connectivity index (χ3v) is 3.04. The molecule has 0 spiro atoms. The molecule has 2 rings (SSSR count). The van der Waals surface area contributed by atoms with E-state index in [0.29, 0.717) is 19.6 Å². The molecule has 1 unspecified atom stereocenters. The molecule has 0 saturated carbocycles. The number of hydrogen-bond acceptors (Lipinski definition) is 2. The monoisotopic (exact) mass is 256 g/mol. The molecule has 2 nitrogen and oxygen atoms in total. The normalized spacial score (nSPS) is 26.8. The SMILES string of the molecule is Cc1cc(Br)cc(C2(O)CCOC2)c1. The zero-order valence-corrected chi connectivity index (χ0v) is 9.67. The van der Waals surface area contributed by atoms with Gasteiger partial charge >= 0.3 is 0 Å². The Hall–Kier alpha value is -0.380. The summed E-state index contributed by atoms with van der Waals surface area (Å²) < 4.78 is 6.24. The van der Waals surface area contributed by atoms with E-state index < -0.39 is 5.60 Å². The minimum Gasteiger partial charge on any atom is -0.383 e. The summed E-state index contributed by atoms with van der Waals surface area (Å²) in [5, 5.41) is 10.3. The van der Waals surface area contributed by atoms with Crippen molar-refractivity contribution in [3.8, 4) is 0 Å². The van der Waals surface area contributed by atoms with E-state index in [-0.39, 0.29) is 0 Å². The van der Waals surface area contributed by atoms with Gasteiger partial charge in [-0.15, -0.1) is 0 Å². The smallest absolute Gasteiger partial charge is 0.115 e. The molecule has 1 N–H and O–H groups in total. The Bertz CT molecular complexity index is 323. The summed E-state index contributed by atoms with van der Waals surface area (Å²) in [7, 11) is 0. The molecule has 0 bridgehead atoms. The van der Waals surface area contributed by atoms with Crippen LogP contribution in [0.3, 0.4) is 0 Å². The number of halogens is 1. The molecule has 1 atom stereocenters. The van der Waals surface area contributed by atoms with Gasteiger partial charge in [-0.1, -0.05) is 22.0 Å². The van der Waals surface area contributed by atoms with Gasteiger partial charge in [-0.3, -0.25) is 0 Å². The van der Waals surface area contributed by atoms with Gasteiger partial charge in [0.1, 0.15) is 5.60 Å². The average Bonchev–Trinajstić information content (AvgIpc) is 2.52. The molecule has 1 aromatic carbocycles. The zero-order chi connectivity index (χ0) is 10.2. The Labute approximate surface area is 92.0 Å². The lowest BCUT2D eigenvalue weighted by Gasteiger charge is -2.21. The van der Waals surface area contributed by atoms with E-state index >= 15 is 0 Å². The first-order valence-electron chi connectivity index (χ1n) is 4.68. The topological polar surface area (TPSA) is 29.5 Å². The van der Waals surface area contributed by atoms with Crippen LogP contribution in [-0.4, -0.2) is 18.3 Å². The molecule has 1 heterocycles. The van der Waals surface area contributed by atoms with E-state index in [9.17, 15) is 5.11 Å². The molecule has 1 saturated heterocycles. The van der Waals surface area contributed by atoms with Gasteiger partial charge in [-0.25, -0.2) is 0 Å². The van der Waals surface area contributed by atoms with Gasteiger partial charge in [0.15, 0.2) is 0 Å². The molecule has 1 aromatic rings. The van der Waals surface area contributed by atoms with Crippen LogP contribution in [0.15, 0.2) is 22.7 Å². The molecule has 0 aromatic heterocycles. The van der Waals surface area contributed by atoms with Crippen molar-refractivity contribution in [2.45, 2.75) is 18.9 Å². The van der Waals surface area contributed by atoms with Gasteiger partial charge in [-0.2, -0.15) is 0 Å². The van der Waals surface area contributed by atoms with E-state index in [1.54, 1.807) is 0 Å². The third kappa shape index (κ3) is 1.85. The van der Waals surface area contributed by atoms with Gasteiger partial charge in [0.05, 0.1) is 6.61 Å². The summed E-state index contributed by atoms with van der Waals surface area (Å²) in [6, 6.07) is 6.00. The standard InChI is InChI=1S/C11H13BrO2/c1-8-4-9(6-10(12)5-8)11(13)2-3-14-7-11/h4-6,13H,2-3,7H2,1H3. The van der Waals surface area contributed by atoms with Gasteiger partial charge in [0, 0.05) is 17.5 Å². The molecule has 1 aliphatic heterocycles. The number of hydrogen-bond donors (Lipinski definition) is 1. The quantitative estimate of drug-likeness (QED) is 0.836. The summed E-state index contributed by atoms with van der Waals surface area (Å²) in [4.78, 5) is 0. The maximum absolute atomic E-state index is 10.3. The second kappa shape index (κ2) is 3.65. The highest BCUT2D eigenvalue weighted by molar-refractivity contribution is 9.10. The molecular weight excluding hydrogens is 244 g/mol. The predicted octanol–water partition coefficient (Wildman–Crippen LogP) is 2.37. The van der Waals surface area contributed by atoms with Crippen molar-refractivity contribution in [2.24, 2.45) is 0 Å². The summed E-state index contributed by atoms with van der Waals surface area (Å²) in [5.41, 5.74) is 1.31. The van der Waals surface area contributed by atoms with Crippen LogP contribution in [0.4, 0.5) is 0 Å². The highest BCUT2D eigenvalue weighted by Crippen LogP contribution is 2.32. The minimum atomic E-state index is -0.783. The van der Waals surface area contributed by atoms with Crippen molar-refractivity contribution in [2.75, 3.05) is 13.2 Å². The maximum atomic E-state index is 10.3. The van der Waals surface area contributed by atoms with E-state index in [4.69, 9.17) is 4.74 Å². The van der Waals surface area contributed by atoms with Crippen molar-refractivity contribution in [1.82, 2.24) is 0 Å². The molecule has 0 radical (unpaired) electrons. The van der Waals surface area contributed by atoms with Gasteiger partial charge in [0.25, 0.3) is 0 Å². The highest BCUT2D eigenvalue weighted by atomic mass is 79.9. The molecule has 14 heavy (non-hydrogen) atoms. The number of benzene rings is 1. The van der Waals surface area contributed by atoms with Gasteiger partial charge < -0.3 is 9.84 Å². The fourth-order valence-corrected chi connectivity index (χ4v) is 2.39. The Morgan fingerprint density at radius 1 is 1.43 bits per heavy atom. The molecular formula is C11H13BrO2. The maximum Gasteiger partial charge on any atom is 0.115 e. The van der Waals surface area contributed by atoms with Crippen LogP contribution in [0.1, 0.15) is 17.5 Å². The summed E-state index contributed by atoms with van der Waals surface area (Å²) in [6.45, 7) is 3.07. The molecule has 3 heteroatoms. The number of ether oxygens (including phenoxy) is 1. The predicted molar refractivity (Wildman–Crippen MR) is 58.2 cm³/mol. The molecule has 76 valence electrons. The third-order valence-electron chi connectivity index (χ3n) is 2.58. The number of aliphatic hydroxyl groups is 1. The second-order valence-corrected chi connectivity index (χ2v) is 4.77. The molecule has 1 aliphatic rings. The zero-order valence-electron chi connectivity index (χ0n) is 8.09. The number of rotatable bonds is 1. The van der Waals surface area contributed by atoms with Gasteiger partial charge in [-0.05, 0) is 30.2 Å². The van der Waals surface area contributed by atoms with Crippen LogP contribution in [-0.2, 0) is 10.3 Å². The highest BCUT2D eigenvalue weighted by Gasteiger charge is 2.34. The average molecular weight is 257 g/mol. The molecule has 0 aliphatic carbocycles. The largest absolute Gasteiger partial charge is 0.383 e. The Morgan fingerprint density at radius 2 is 2.21 bits per heavy atom. The Balaban J connectivity index is 2.40. The summed E-state index contributed by atoms with van der Waals surface area (Å²) in [5.74, 6) is 0. The first-order chi connectivity index (χ1) is 6.60. The first-order valence-corrected chi connectivity index (χ1v) is 5.47. The van der Waals surface area contributed by atoms with Crippen molar-refractivity contribution >= 4 is 15.9 Å². The van der Waals surface area contributed by atoms with E-state index in [1.807, 2.05) is 25.1 Å². The fourth-order valence-electron chi connectivity index (χ4n) is 1.79. The van der Waals surface area contributed by atoms with Crippen LogP contribution in [0.5, 0.6) is 0 Å². The lowest BCUT2D eigenvalue weighted by Crippen LogP contribution is -2.25. The van der Waals surface area contributed by atoms with E-state index in [1.165, 1.54) is 0 Å². The Kier molecular flexibility index (Phi) is 2.64. The van der Waals surface area contributed by atoms with Crippen molar-refractivity contribution in [1.29, 1.82) is 0 Å². The van der Waals surface area contributed by atoms with Crippen LogP contribution >= 0.6 is 15.9 Å².